The maximum atomic E-state index is 13.2. The van der Waals surface area contributed by atoms with Crippen LogP contribution in [0.3, 0.4) is 0 Å². The zero-order valence-corrected chi connectivity index (χ0v) is 14.9. The summed E-state index contributed by atoms with van der Waals surface area (Å²) < 4.78 is 45.1. The maximum absolute atomic E-state index is 13.2. The number of hydrogen-bond acceptors (Lipinski definition) is 3. The molecule has 29 heavy (non-hydrogen) atoms. The number of hydrogen-bond donors (Lipinski definition) is 0. The van der Waals surface area contributed by atoms with Crippen molar-refractivity contribution in [1.82, 2.24) is 10.2 Å². The standard InChI is InChI=1S/C23H13F3N2O/c24-23(25,26)17-8-3-7-16(11-17)21-18-12-14-5-1-2-6-15(14)13-19(18)22(28-27-21)20-9-4-10-29-20/h1-13H. The summed E-state index contributed by atoms with van der Waals surface area (Å²) in [4.78, 5) is 0. The van der Waals surface area contributed by atoms with Gasteiger partial charge in [-0.1, -0.05) is 36.4 Å². The smallest absolute Gasteiger partial charge is 0.416 e. The molecule has 0 unspecified atom stereocenters. The van der Waals surface area contributed by atoms with E-state index in [1.807, 2.05) is 36.4 Å². The molecule has 3 nitrogen and oxygen atoms in total. The fourth-order valence-corrected chi connectivity index (χ4v) is 3.49. The highest BCUT2D eigenvalue weighted by Crippen LogP contribution is 2.37. The van der Waals surface area contributed by atoms with E-state index in [1.54, 1.807) is 24.5 Å². The third-order valence-electron chi connectivity index (χ3n) is 4.86. The predicted molar refractivity (Wildman–Crippen MR) is 105 cm³/mol. The Labute approximate surface area is 163 Å². The SMILES string of the molecule is FC(F)(F)c1cccc(-c2nnc(-c3ccco3)c3cc4ccccc4cc23)c1. The van der Waals surface area contributed by atoms with E-state index in [4.69, 9.17) is 4.42 Å². The van der Waals surface area contributed by atoms with E-state index >= 15 is 0 Å². The van der Waals surface area contributed by atoms with E-state index in [-0.39, 0.29) is 0 Å². The quantitative estimate of drug-likeness (QED) is 0.314. The molecule has 0 N–H and O–H groups in total. The van der Waals surface area contributed by atoms with Gasteiger partial charge in [-0.3, -0.25) is 0 Å². The first-order valence-electron chi connectivity index (χ1n) is 8.91. The molecule has 0 bridgehead atoms. The molecule has 0 aliphatic heterocycles. The second-order valence-corrected chi connectivity index (χ2v) is 6.70. The first-order valence-corrected chi connectivity index (χ1v) is 8.91. The molecule has 5 aromatic rings. The van der Waals surface area contributed by atoms with Crippen molar-refractivity contribution in [3.8, 4) is 22.7 Å². The highest BCUT2D eigenvalue weighted by atomic mass is 19.4. The second-order valence-electron chi connectivity index (χ2n) is 6.70. The van der Waals surface area contributed by atoms with Crippen molar-refractivity contribution in [1.29, 1.82) is 0 Å². The molecule has 6 heteroatoms. The van der Waals surface area contributed by atoms with Gasteiger partial charge in [-0.2, -0.15) is 13.2 Å². The van der Waals surface area contributed by atoms with Crippen molar-refractivity contribution in [3.63, 3.8) is 0 Å². The van der Waals surface area contributed by atoms with Gasteiger partial charge in [0.15, 0.2) is 5.76 Å². The molecular weight excluding hydrogens is 377 g/mol. The summed E-state index contributed by atoms with van der Waals surface area (Å²) >= 11 is 0. The van der Waals surface area contributed by atoms with Crippen molar-refractivity contribution in [3.05, 3.63) is 84.6 Å². The number of aromatic nitrogens is 2. The van der Waals surface area contributed by atoms with E-state index in [9.17, 15) is 13.2 Å². The van der Waals surface area contributed by atoms with Crippen LogP contribution in [-0.4, -0.2) is 10.2 Å². The maximum Gasteiger partial charge on any atom is 0.416 e. The third kappa shape index (κ3) is 3.02. The summed E-state index contributed by atoms with van der Waals surface area (Å²) in [6.45, 7) is 0. The Balaban J connectivity index is 1.83. The average Bonchev–Trinajstić information content (AvgIpc) is 3.25. The Kier molecular flexibility index (Phi) is 3.87. The van der Waals surface area contributed by atoms with Crippen LogP contribution in [0.25, 0.3) is 44.3 Å². The lowest BCUT2D eigenvalue weighted by Crippen LogP contribution is -2.05. The minimum absolute atomic E-state index is 0.360. The molecule has 0 saturated carbocycles. The van der Waals surface area contributed by atoms with E-state index < -0.39 is 11.7 Å². The molecule has 0 saturated heterocycles. The van der Waals surface area contributed by atoms with Crippen LogP contribution in [-0.2, 0) is 6.18 Å². The van der Waals surface area contributed by atoms with Crippen molar-refractivity contribution in [2.24, 2.45) is 0 Å². The van der Waals surface area contributed by atoms with Gasteiger partial charge in [0.25, 0.3) is 0 Å². The van der Waals surface area contributed by atoms with Crippen LogP contribution in [0.1, 0.15) is 5.56 Å². The van der Waals surface area contributed by atoms with Gasteiger partial charge >= 0.3 is 6.18 Å². The van der Waals surface area contributed by atoms with Crippen molar-refractivity contribution in [2.45, 2.75) is 6.18 Å². The highest BCUT2D eigenvalue weighted by Gasteiger charge is 2.30. The Morgan fingerprint density at radius 3 is 2.03 bits per heavy atom. The van der Waals surface area contributed by atoms with Gasteiger partial charge in [-0.05, 0) is 47.2 Å². The molecule has 0 aliphatic rings. The minimum Gasteiger partial charge on any atom is -0.463 e. The second kappa shape index (κ2) is 6.44. The number of nitrogens with zero attached hydrogens (tertiary/aromatic N) is 2. The lowest BCUT2D eigenvalue weighted by Gasteiger charge is -2.12. The average molecular weight is 390 g/mol. The van der Waals surface area contributed by atoms with Crippen LogP contribution >= 0.6 is 0 Å². The van der Waals surface area contributed by atoms with Crippen molar-refractivity contribution >= 4 is 21.5 Å². The van der Waals surface area contributed by atoms with Crippen LogP contribution in [0, 0.1) is 0 Å². The number of alkyl halides is 3. The lowest BCUT2D eigenvalue weighted by molar-refractivity contribution is -0.137. The van der Waals surface area contributed by atoms with E-state index in [0.717, 1.165) is 28.3 Å². The van der Waals surface area contributed by atoms with Crippen LogP contribution in [0.15, 0.2) is 83.5 Å². The lowest BCUT2D eigenvalue weighted by atomic mass is 9.97. The van der Waals surface area contributed by atoms with Gasteiger partial charge in [0.05, 0.1) is 11.8 Å². The number of furan rings is 1. The molecule has 5 rings (SSSR count). The largest absolute Gasteiger partial charge is 0.463 e. The van der Waals surface area contributed by atoms with E-state index in [0.29, 0.717) is 28.1 Å². The molecule has 0 spiro atoms. The Morgan fingerprint density at radius 1 is 0.690 bits per heavy atom. The topological polar surface area (TPSA) is 38.9 Å². The fourth-order valence-electron chi connectivity index (χ4n) is 3.49. The molecular formula is C23H13F3N2O. The number of benzene rings is 3. The molecule has 3 aromatic carbocycles. The Hall–Kier alpha value is -3.67. The van der Waals surface area contributed by atoms with Crippen LogP contribution in [0.2, 0.25) is 0 Å². The first kappa shape index (κ1) is 17.4. The molecule has 0 atom stereocenters. The normalized spacial score (nSPS) is 12.0. The monoisotopic (exact) mass is 390 g/mol. The summed E-state index contributed by atoms with van der Waals surface area (Å²) in [5.41, 5.74) is 0.582. The van der Waals surface area contributed by atoms with Gasteiger partial charge in [0, 0.05) is 16.3 Å². The van der Waals surface area contributed by atoms with Crippen LogP contribution in [0.4, 0.5) is 13.2 Å². The van der Waals surface area contributed by atoms with E-state index in [2.05, 4.69) is 10.2 Å². The molecule has 0 aliphatic carbocycles. The van der Waals surface area contributed by atoms with Crippen LogP contribution in [0.5, 0.6) is 0 Å². The Bertz CT molecular complexity index is 1340. The Morgan fingerprint density at radius 2 is 1.38 bits per heavy atom. The molecule has 0 radical (unpaired) electrons. The zero-order valence-electron chi connectivity index (χ0n) is 14.9. The van der Waals surface area contributed by atoms with Gasteiger partial charge in [0.2, 0.25) is 0 Å². The van der Waals surface area contributed by atoms with Gasteiger partial charge in [-0.25, -0.2) is 0 Å². The highest BCUT2D eigenvalue weighted by molar-refractivity contribution is 6.08. The summed E-state index contributed by atoms with van der Waals surface area (Å²) in [6.07, 6.45) is -2.88. The van der Waals surface area contributed by atoms with Crippen molar-refractivity contribution in [2.75, 3.05) is 0 Å². The molecule has 2 heterocycles. The zero-order chi connectivity index (χ0) is 20.0. The summed E-state index contributed by atoms with van der Waals surface area (Å²) in [6, 6.07) is 20.4. The predicted octanol–water partition coefficient (Wildman–Crippen LogP) is 6.73. The third-order valence-corrected chi connectivity index (χ3v) is 4.86. The van der Waals surface area contributed by atoms with Gasteiger partial charge < -0.3 is 4.42 Å². The molecule has 2 aromatic heterocycles. The van der Waals surface area contributed by atoms with Crippen LogP contribution < -0.4 is 0 Å². The van der Waals surface area contributed by atoms with Gasteiger partial charge in [0.1, 0.15) is 11.4 Å². The number of rotatable bonds is 2. The molecule has 142 valence electrons. The minimum atomic E-state index is -4.43. The molecule has 0 fully saturated rings. The summed E-state index contributed by atoms with van der Waals surface area (Å²) in [5, 5.41) is 12.0. The van der Waals surface area contributed by atoms with Gasteiger partial charge in [-0.15, -0.1) is 10.2 Å². The number of halogens is 3. The molecule has 0 amide bonds. The van der Waals surface area contributed by atoms with Crippen molar-refractivity contribution < 1.29 is 17.6 Å². The van der Waals surface area contributed by atoms with E-state index in [1.165, 1.54) is 6.07 Å². The fraction of sp³-hybridized carbons (Fsp3) is 0.0435. The summed E-state index contributed by atoms with van der Waals surface area (Å²) in [5.74, 6) is 0.549. The first-order chi connectivity index (χ1) is 14.0. The summed E-state index contributed by atoms with van der Waals surface area (Å²) in [7, 11) is 0. The number of fused-ring (bicyclic) bond motifs is 2.